The minimum atomic E-state index is 0.281. The van der Waals surface area contributed by atoms with Crippen molar-refractivity contribution >= 4 is 23.5 Å². The molecule has 2 nitrogen and oxygen atoms in total. The van der Waals surface area contributed by atoms with Crippen LogP contribution in [0.15, 0.2) is 41.4 Å². The molecule has 2 aromatic carbocycles. The van der Waals surface area contributed by atoms with E-state index in [-0.39, 0.29) is 5.75 Å². The van der Waals surface area contributed by atoms with Crippen LogP contribution in [0, 0.1) is 6.92 Å². The number of benzene rings is 2. The number of phenolic OH excluding ortho intramolecular Hbond substituents is 1. The van der Waals surface area contributed by atoms with Crippen molar-refractivity contribution in [3.05, 3.63) is 58.1 Å². The molecular formula is C16H16ClNO. The average Bonchev–Trinajstić information content (AvgIpc) is 2.40. The van der Waals surface area contributed by atoms with Gasteiger partial charge in [-0.3, -0.25) is 4.99 Å². The number of halogens is 1. The minimum absolute atomic E-state index is 0.281. The van der Waals surface area contributed by atoms with E-state index in [0.717, 1.165) is 23.2 Å². The van der Waals surface area contributed by atoms with Gasteiger partial charge >= 0.3 is 0 Å². The number of rotatable bonds is 3. The molecule has 0 saturated carbocycles. The van der Waals surface area contributed by atoms with Gasteiger partial charge in [0.1, 0.15) is 5.75 Å². The highest BCUT2D eigenvalue weighted by molar-refractivity contribution is 6.30. The van der Waals surface area contributed by atoms with Crippen molar-refractivity contribution in [2.45, 2.75) is 20.3 Å². The van der Waals surface area contributed by atoms with Crippen LogP contribution in [0.5, 0.6) is 5.75 Å². The molecule has 0 aliphatic heterocycles. The Balaban J connectivity index is 2.35. The molecule has 2 rings (SSSR count). The zero-order valence-corrected chi connectivity index (χ0v) is 11.8. The van der Waals surface area contributed by atoms with Gasteiger partial charge in [0.2, 0.25) is 0 Å². The molecule has 0 aromatic heterocycles. The first-order valence-electron chi connectivity index (χ1n) is 6.22. The largest absolute Gasteiger partial charge is 0.507 e. The van der Waals surface area contributed by atoms with E-state index in [2.05, 4.69) is 11.9 Å². The van der Waals surface area contributed by atoms with E-state index >= 15 is 0 Å². The Morgan fingerprint density at radius 1 is 1.26 bits per heavy atom. The third kappa shape index (κ3) is 3.36. The number of aryl methyl sites for hydroxylation is 2. The first-order chi connectivity index (χ1) is 9.10. The number of aliphatic imine (C=N–C) groups is 1. The quantitative estimate of drug-likeness (QED) is 0.810. The minimum Gasteiger partial charge on any atom is -0.507 e. The summed E-state index contributed by atoms with van der Waals surface area (Å²) < 4.78 is 0. The topological polar surface area (TPSA) is 32.6 Å². The fourth-order valence-electron chi connectivity index (χ4n) is 1.89. The molecule has 0 heterocycles. The Bertz CT molecular complexity index is 620. The Morgan fingerprint density at radius 2 is 2.05 bits per heavy atom. The predicted octanol–water partition coefficient (Wildman–Crippen LogP) is 4.67. The highest BCUT2D eigenvalue weighted by Crippen LogP contribution is 2.24. The van der Waals surface area contributed by atoms with Crippen molar-refractivity contribution in [1.29, 1.82) is 0 Å². The summed E-state index contributed by atoms with van der Waals surface area (Å²) >= 11 is 5.91. The van der Waals surface area contributed by atoms with Gasteiger partial charge in [-0.15, -0.1) is 0 Å². The molecule has 0 spiro atoms. The van der Waals surface area contributed by atoms with Gasteiger partial charge in [0.25, 0.3) is 0 Å². The molecule has 0 aliphatic carbocycles. The molecule has 0 fully saturated rings. The first-order valence-corrected chi connectivity index (χ1v) is 6.60. The predicted molar refractivity (Wildman–Crippen MR) is 80.9 cm³/mol. The second-order valence-corrected chi connectivity index (χ2v) is 4.88. The Morgan fingerprint density at radius 3 is 2.74 bits per heavy atom. The summed E-state index contributed by atoms with van der Waals surface area (Å²) in [5.41, 5.74) is 3.55. The maximum Gasteiger partial charge on any atom is 0.127 e. The van der Waals surface area contributed by atoms with Crippen LogP contribution in [0.25, 0.3) is 0 Å². The molecule has 0 amide bonds. The molecule has 0 unspecified atom stereocenters. The van der Waals surface area contributed by atoms with Gasteiger partial charge in [0.15, 0.2) is 0 Å². The molecule has 0 saturated heterocycles. The van der Waals surface area contributed by atoms with Crippen LogP contribution in [0.4, 0.5) is 5.69 Å². The Hall–Kier alpha value is -1.80. The SMILES string of the molecule is CCc1cc(C)c(O)c(/C=N/c2cccc(Cl)c2)c1. The van der Waals surface area contributed by atoms with Crippen molar-refractivity contribution < 1.29 is 5.11 Å². The standard InChI is InChI=1S/C16H16ClNO/c1-3-12-7-11(2)16(19)13(8-12)10-18-15-6-4-5-14(17)9-15/h4-10,19H,3H2,1-2H3/b18-10+. The van der Waals surface area contributed by atoms with E-state index in [1.165, 1.54) is 5.56 Å². The van der Waals surface area contributed by atoms with Gasteiger partial charge in [-0.1, -0.05) is 30.7 Å². The molecule has 19 heavy (non-hydrogen) atoms. The van der Waals surface area contributed by atoms with E-state index in [0.29, 0.717) is 5.02 Å². The molecule has 0 bridgehead atoms. The summed E-state index contributed by atoms with van der Waals surface area (Å²) in [7, 11) is 0. The lowest BCUT2D eigenvalue weighted by Gasteiger charge is -2.06. The van der Waals surface area contributed by atoms with Crippen LogP contribution in [0.1, 0.15) is 23.6 Å². The van der Waals surface area contributed by atoms with Crippen molar-refractivity contribution in [1.82, 2.24) is 0 Å². The highest BCUT2D eigenvalue weighted by atomic mass is 35.5. The summed E-state index contributed by atoms with van der Waals surface area (Å²) in [5.74, 6) is 0.281. The summed E-state index contributed by atoms with van der Waals surface area (Å²) in [6.07, 6.45) is 2.60. The van der Waals surface area contributed by atoms with Gasteiger partial charge in [0.05, 0.1) is 5.69 Å². The number of aromatic hydroxyl groups is 1. The van der Waals surface area contributed by atoms with Gasteiger partial charge in [-0.25, -0.2) is 0 Å². The molecule has 0 radical (unpaired) electrons. The summed E-state index contributed by atoms with van der Waals surface area (Å²) in [5, 5.41) is 10.7. The monoisotopic (exact) mass is 273 g/mol. The Labute approximate surface area is 118 Å². The Kier molecular flexibility index (Phi) is 4.23. The fourth-order valence-corrected chi connectivity index (χ4v) is 2.07. The zero-order chi connectivity index (χ0) is 13.8. The van der Waals surface area contributed by atoms with Gasteiger partial charge in [0, 0.05) is 16.8 Å². The second kappa shape index (κ2) is 5.89. The summed E-state index contributed by atoms with van der Waals surface area (Å²) in [4.78, 5) is 4.35. The maximum atomic E-state index is 10.0. The highest BCUT2D eigenvalue weighted by Gasteiger charge is 2.04. The van der Waals surface area contributed by atoms with Crippen molar-refractivity contribution in [3.8, 4) is 5.75 Å². The van der Waals surface area contributed by atoms with E-state index in [1.807, 2.05) is 31.2 Å². The summed E-state index contributed by atoms with van der Waals surface area (Å²) in [6.45, 7) is 3.98. The molecule has 2 aromatic rings. The van der Waals surface area contributed by atoms with E-state index in [4.69, 9.17) is 11.6 Å². The molecule has 1 N–H and O–H groups in total. The lowest BCUT2D eigenvalue weighted by Crippen LogP contribution is -1.90. The van der Waals surface area contributed by atoms with E-state index in [1.54, 1.807) is 18.3 Å². The van der Waals surface area contributed by atoms with Crippen molar-refractivity contribution in [3.63, 3.8) is 0 Å². The number of hydrogen-bond donors (Lipinski definition) is 1. The lowest BCUT2D eigenvalue weighted by molar-refractivity contribution is 0.470. The van der Waals surface area contributed by atoms with E-state index < -0.39 is 0 Å². The smallest absolute Gasteiger partial charge is 0.127 e. The van der Waals surface area contributed by atoms with Gasteiger partial charge in [-0.2, -0.15) is 0 Å². The first kappa shape index (κ1) is 13.6. The molecular weight excluding hydrogens is 258 g/mol. The van der Waals surface area contributed by atoms with Crippen LogP contribution in [0.2, 0.25) is 5.02 Å². The van der Waals surface area contributed by atoms with Crippen LogP contribution < -0.4 is 0 Å². The molecule has 0 atom stereocenters. The van der Waals surface area contributed by atoms with E-state index in [9.17, 15) is 5.11 Å². The lowest BCUT2D eigenvalue weighted by atomic mass is 10.0. The fraction of sp³-hybridized carbons (Fsp3) is 0.188. The third-order valence-electron chi connectivity index (χ3n) is 2.96. The maximum absolute atomic E-state index is 10.0. The van der Waals surface area contributed by atoms with Crippen LogP contribution >= 0.6 is 11.6 Å². The second-order valence-electron chi connectivity index (χ2n) is 4.44. The van der Waals surface area contributed by atoms with Gasteiger partial charge in [-0.05, 0) is 48.7 Å². The van der Waals surface area contributed by atoms with Crippen molar-refractivity contribution in [2.75, 3.05) is 0 Å². The average molecular weight is 274 g/mol. The van der Waals surface area contributed by atoms with Crippen molar-refractivity contribution in [2.24, 2.45) is 4.99 Å². The number of nitrogens with zero attached hydrogens (tertiary/aromatic N) is 1. The normalized spacial score (nSPS) is 11.1. The molecule has 3 heteroatoms. The molecule has 98 valence electrons. The van der Waals surface area contributed by atoms with Crippen LogP contribution in [-0.2, 0) is 6.42 Å². The van der Waals surface area contributed by atoms with Crippen LogP contribution in [0.3, 0.4) is 0 Å². The zero-order valence-electron chi connectivity index (χ0n) is 11.0. The third-order valence-corrected chi connectivity index (χ3v) is 3.19. The summed E-state index contributed by atoms with van der Waals surface area (Å²) in [6, 6.07) is 11.3. The number of phenols is 1. The molecule has 0 aliphatic rings. The number of hydrogen-bond acceptors (Lipinski definition) is 2. The van der Waals surface area contributed by atoms with Gasteiger partial charge < -0.3 is 5.11 Å². The van der Waals surface area contributed by atoms with Crippen LogP contribution in [-0.4, -0.2) is 11.3 Å².